The van der Waals surface area contributed by atoms with E-state index in [0.717, 1.165) is 11.1 Å². The van der Waals surface area contributed by atoms with Crippen LogP contribution in [-0.2, 0) is 13.1 Å². The molecule has 0 saturated heterocycles. The fourth-order valence-corrected chi connectivity index (χ4v) is 2.29. The van der Waals surface area contributed by atoms with Gasteiger partial charge in [-0.15, -0.1) is 0 Å². The Balaban J connectivity index is 1.83. The van der Waals surface area contributed by atoms with E-state index < -0.39 is 0 Å². The topological polar surface area (TPSA) is 46.3 Å². The number of rotatable bonds is 5. The molecule has 3 rings (SSSR count). The molecule has 0 atom stereocenters. The van der Waals surface area contributed by atoms with E-state index in [1.54, 1.807) is 11.0 Å². The average Bonchev–Trinajstić information content (AvgIpc) is 3.10. The van der Waals surface area contributed by atoms with Gasteiger partial charge in [0.05, 0.1) is 6.20 Å². The molecule has 0 N–H and O–H groups in total. The number of hydrogen-bond acceptors (Lipinski definition) is 3. The third-order valence-corrected chi connectivity index (χ3v) is 3.37. The maximum absolute atomic E-state index is 12.6. The molecule has 4 nitrogen and oxygen atoms in total. The molecule has 110 valence electrons. The van der Waals surface area contributed by atoms with Gasteiger partial charge in [-0.1, -0.05) is 65.8 Å². The molecule has 3 aromatic rings. The number of carbonyl (C=O) groups excluding carboxylic acids is 1. The molecule has 0 saturated carbocycles. The van der Waals surface area contributed by atoms with E-state index in [1.807, 2.05) is 60.7 Å². The van der Waals surface area contributed by atoms with Gasteiger partial charge in [0, 0.05) is 19.2 Å². The van der Waals surface area contributed by atoms with Crippen LogP contribution in [0.2, 0.25) is 0 Å². The zero-order chi connectivity index (χ0) is 15.2. The third-order valence-electron chi connectivity index (χ3n) is 3.37. The molecule has 1 amide bonds. The van der Waals surface area contributed by atoms with E-state index in [0.29, 0.717) is 13.1 Å². The van der Waals surface area contributed by atoms with Crippen LogP contribution in [0.25, 0.3) is 0 Å². The van der Waals surface area contributed by atoms with Crippen molar-refractivity contribution in [2.75, 3.05) is 0 Å². The first-order valence-electron chi connectivity index (χ1n) is 7.11. The molecule has 0 fully saturated rings. The van der Waals surface area contributed by atoms with Gasteiger partial charge < -0.3 is 9.42 Å². The van der Waals surface area contributed by atoms with Gasteiger partial charge >= 0.3 is 0 Å². The van der Waals surface area contributed by atoms with E-state index in [2.05, 4.69) is 5.16 Å². The number of amides is 1. The van der Waals surface area contributed by atoms with E-state index in [9.17, 15) is 4.79 Å². The lowest BCUT2D eigenvalue weighted by Gasteiger charge is -2.21. The highest BCUT2D eigenvalue weighted by Crippen LogP contribution is 2.14. The highest BCUT2D eigenvalue weighted by atomic mass is 16.5. The molecule has 0 aliphatic heterocycles. The van der Waals surface area contributed by atoms with Crippen LogP contribution in [0.15, 0.2) is 77.4 Å². The molecule has 0 aliphatic rings. The number of benzene rings is 2. The molecule has 22 heavy (non-hydrogen) atoms. The molecule has 2 aromatic carbocycles. The van der Waals surface area contributed by atoms with Crippen molar-refractivity contribution in [2.24, 2.45) is 0 Å². The summed E-state index contributed by atoms with van der Waals surface area (Å²) in [5, 5.41) is 3.62. The van der Waals surface area contributed by atoms with Gasteiger partial charge in [0.1, 0.15) is 0 Å². The largest absolute Gasteiger partial charge is 0.351 e. The van der Waals surface area contributed by atoms with E-state index >= 15 is 0 Å². The summed E-state index contributed by atoms with van der Waals surface area (Å²) < 4.78 is 5.01. The van der Waals surface area contributed by atoms with Crippen LogP contribution in [0, 0.1) is 0 Å². The predicted molar refractivity (Wildman–Crippen MR) is 83.0 cm³/mol. The van der Waals surface area contributed by atoms with Crippen LogP contribution in [0.1, 0.15) is 21.7 Å². The summed E-state index contributed by atoms with van der Waals surface area (Å²) in [5.41, 5.74) is 2.15. The first kappa shape index (κ1) is 14.1. The summed E-state index contributed by atoms with van der Waals surface area (Å²) in [6.45, 7) is 1.05. The Kier molecular flexibility index (Phi) is 4.30. The van der Waals surface area contributed by atoms with Gasteiger partial charge in [-0.25, -0.2) is 0 Å². The van der Waals surface area contributed by atoms with Crippen molar-refractivity contribution in [2.45, 2.75) is 13.1 Å². The van der Waals surface area contributed by atoms with E-state index in [4.69, 9.17) is 4.52 Å². The van der Waals surface area contributed by atoms with Gasteiger partial charge in [-0.05, 0) is 11.1 Å². The molecule has 4 heteroatoms. The molecule has 0 aliphatic carbocycles. The Bertz CT molecular complexity index is 668. The lowest BCUT2D eigenvalue weighted by atomic mass is 10.1. The zero-order valence-corrected chi connectivity index (χ0v) is 12.1. The summed E-state index contributed by atoms with van der Waals surface area (Å²) in [7, 11) is 0. The maximum Gasteiger partial charge on any atom is 0.293 e. The fourth-order valence-electron chi connectivity index (χ4n) is 2.29. The number of nitrogens with zero attached hydrogens (tertiary/aromatic N) is 2. The second-order valence-corrected chi connectivity index (χ2v) is 5.01. The number of aromatic nitrogens is 1. The van der Waals surface area contributed by atoms with Crippen molar-refractivity contribution >= 4 is 5.91 Å². The SMILES string of the molecule is O=C(c1ccno1)N(Cc1ccccc1)Cc1ccccc1. The van der Waals surface area contributed by atoms with Crippen molar-refractivity contribution in [3.05, 3.63) is 89.8 Å². The van der Waals surface area contributed by atoms with Crippen LogP contribution in [0.3, 0.4) is 0 Å². The van der Waals surface area contributed by atoms with Crippen molar-refractivity contribution < 1.29 is 9.32 Å². The number of carbonyl (C=O) groups is 1. The molecule has 0 unspecified atom stereocenters. The molecular weight excluding hydrogens is 276 g/mol. The quantitative estimate of drug-likeness (QED) is 0.723. The Hall–Kier alpha value is -2.88. The van der Waals surface area contributed by atoms with Crippen LogP contribution in [-0.4, -0.2) is 16.0 Å². The smallest absolute Gasteiger partial charge is 0.293 e. The van der Waals surface area contributed by atoms with Gasteiger partial charge in [0.25, 0.3) is 5.91 Å². The highest BCUT2D eigenvalue weighted by molar-refractivity contribution is 5.91. The summed E-state index contributed by atoms with van der Waals surface area (Å²) >= 11 is 0. The van der Waals surface area contributed by atoms with Crippen molar-refractivity contribution in [1.82, 2.24) is 10.1 Å². The minimum atomic E-state index is -0.162. The second kappa shape index (κ2) is 6.72. The van der Waals surface area contributed by atoms with Gasteiger partial charge in [-0.2, -0.15) is 0 Å². The third kappa shape index (κ3) is 3.41. The highest BCUT2D eigenvalue weighted by Gasteiger charge is 2.19. The Morgan fingerprint density at radius 1 is 0.864 bits per heavy atom. The average molecular weight is 292 g/mol. The minimum Gasteiger partial charge on any atom is -0.351 e. The Morgan fingerprint density at radius 2 is 1.41 bits per heavy atom. The fraction of sp³-hybridized carbons (Fsp3) is 0.111. The van der Waals surface area contributed by atoms with Gasteiger partial charge in [0.15, 0.2) is 0 Å². The van der Waals surface area contributed by atoms with Crippen LogP contribution in [0.4, 0.5) is 0 Å². The molecule has 0 spiro atoms. The van der Waals surface area contributed by atoms with Crippen LogP contribution < -0.4 is 0 Å². The van der Waals surface area contributed by atoms with E-state index in [-0.39, 0.29) is 11.7 Å². The standard InChI is InChI=1S/C18H16N2O2/c21-18(17-11-12-19-22-17)20(13-15-7-3-1-4-8-15)14-16-9-5-2-6-10-16/h1-12H,13-14H2. The molecule has 0 bridgehead atoms. The summed E-state index contributed by atoms with van der Waals surface area (Å²) in [4.78, 5) is 14.4. The van der Waals surface area contributed by atoms with Crippen molar-refractivity contribution in [3.63, 3.8) is 0 Å². The predicted octanol–water partition coefficient (Wildman–Crippen LogP) is 3.52. The maximum atomic E-state index is 12.6. The minimum absolute atomic E-state index is 0.162. The molecule has 1 heterocycles. The van der Waals surface area contributed by atoms with E-state index in [1.165, 1.54) is 6.20 Å². The zero-order valence-electron chi connectivity index (χ0n) is 12.1. The first-order valence-corrected chi connectivity index (χ1v) is 7.11. The second-order valence-electron chi connectivity index (χ2n) is 5.01. The number of hydrogen-bond donors (Lipinski definition) is 0. The Labute approximate surface area is 129 Å². The lowest BCUT2D eigenvalue weighted by Crippen LogP contribution is -2.29. The van der Waals surface area contributed by atoms with Crippen molar-refractivity contribution in [3.8, 4) is 0 Å². The summed E-state index contributed by atoms with van der Waals surface area (Å²) in [6.07, 6.45) is 1.48. The van der Waals surface area contributed by atoms with Crippen LogP contribution in [0.5, 0.6) is 0 Å². The molecular formula is C18H16N2O2. The van der Waals surface area contributed by atoms with Crippen LogP contribution >= 0.6 is 0 Å². The summed E-state index contributed by atoms with van der Waals surface area (Å²) in [6, 6.07) is 21.4. The monoisotopic (exact) mass is 292 g/mol. The van der Waals surface area contributed by atoms with Gasteiger partial charge in [0.2, 0.25) is 5.76 Å². The lowest BCUT2D eigenvalue weighted by molar-refractivity contribution is 0.0687. The van der Waals surface area contributed by atoms with Gasteiger partial charge in [-0.3, -0.25) is 4.79 Å². The molecule has 1 aromatic heterocycles. The first-order chi connectivity index (χ1) is 10.8. The van der Waals surface area contributed by atoms with Crippen molar-refractivity contribution in [1.29, 1.82) is 0 Å². The Morgan fingerprint density at radius 3 is 1.86 bits per heavy atom. The molecule has 0 radical (unpaired) electrons. The normalized spacial score (nSPS) is 10.4. The summed E-state index contributed by atoms with van der Waals surface area (Å²) in [5.74, 6) is 0.0945.